The van der Waals surface area contributed by atoms with E-state index in [1.54, 1.807) is 6.92 Å². The number of hydrogen-bond donors (Lipinski definition) is 0. The molecule has 9 nitrogen and oxygen atoms in total. The molecule has 0 spiro atoms. The van der Waals surface area contributed by atoms with Crippen molar-refractivity contribution >= 4 is 29.1 Å². The molecular weight excluding hydrogens is 411 g/mol. The van der Waals surface area contributed by atoms with Crippen molar-refractivity contribution in [3.63, 3.8) is 0 Å². The number of halogens is 2. The molecule has 0 amide bonds. The van der Waals surface area contributed by atoms with E-state index in [1.807, 2.05) is 11.5 Å². The second-order valence-electron chi connectivity index (χ2n) is 5.69. The molecular formula is C16H16ClFN6O3S. The summed E-state index contributed by atoms with van der Waals surface area (Å²) in [5.74, 6) is 0.820. The first-order valence-electron chi connectivity index (χ1n) is 8.23. The zero-order chi connectivity index (χ0) is 20.3. The van der Waals surface area contributed by atoms with Crippen molar-refractivity contribution in [2.45, 2.75) is 37.5 Å². The lowest BCUT2D eigenvalue weighted by Crippen LogP contribution is -2.12. The van der Waals surface area contributed by atoms with Crippen LogP contribution in [0.2, 0.25) is 5.02 Å². The largest absolute Gasteiger partial charge is 0.481 e. The van der Waals surface area contributed by atoms with Gasteiger partial charge in [0.05, 0.1) is 15.8 Å². The van der Waals surface area contributed by atoms with E-state index in [-0.39, 0.29) is 10.7 Å². The van der Waals surface area contributed by atoms with E-state index in [2.05, 4.69) is 15.3 Å². The molecule has 0 N–H and O–H groups in total. The summed E-state index contributed by atoms with van der Waals surface area (Å²) in [6.07, 6.45) is 2.07. The highest BCUT2D eigenvalue weighted by Crippen LogP contribution is 2.30. The molecule has 2 heterocycles. The van der Waals surface area contributed by atoms with Crippen LogP contribution >= 0.6 is 23.4 Å². The highest BCUT2D eigenvalue weighted by atomic mass is 35.5. The first-order chi connectivity index (χ1) is 13.4. The molecule has 0 radical (unpaired) electrons. The fraction of sp³-hybridized carbons (Fsp3) is 0.312. The van der Waals surface area contributed by atoms with Gasteiger partial charge in [-0.25, -0.2) is 4.39 Å². The highest BCUT2D eigenvalue weighted by Gasteiger charge is 2.20. The number of rotatable bonds is 8. The molecule has 12 heteroatoms. The van der Waals surface area contributed by atoms with E-state index in [0.29, 0.717) is 29.2 Å². The third-order valence-electron chi connectivity index (χ3n) is 3.78. The van der Waals surface area contributed by atoms with Crippen molar-refractivity contribution in [1.82, 2.24) is 24.5 Å². The number of benzene rings is 1. The Morgan fingerprint density at radius 2 is 2.21 bits per heavy atom. The van der Waals surface area contributed by atoms with Crippen LogP contribution in [0.4, 0.5) is 10.1 Å². The fourth-order valence-electron chi connectivity index (χ4n) is 2.46. The minimum absolute atomic E-state index is 0.0727. The number of ether oxygens (including phenoxy) is 1. The molecule has 3 aromatic rings. The number of nitrogens with zero attached hydrogens (tertiary/aromatic N) is 6. The van der Waals surface area contributed by atoms with Gasteiger partial charge >= 0.3 is 5.69 Å². The Labute approximate surface area is 168 Å². The van der Waals surface area contributed by atoms with Crippen LogP contribution in [-0.2, 0) is 12.4 Å². The molecule has 148 valence electrons. The van der Waals surface area contributed by atoms with Crippen LogP contribution in [0.15, 0.2) is 35.7 Å². The molecule has 0 saturated heterocycles. The highest BCUT2D eigenvalue weighted by molar-refractivity contribution is 7.98. The maximum atomic E-state index is 13.2. The maximum absolute atomic E-state index is 13.2. The lowest BCUT2D eigenvalue weighted by Gasteiger charge is -2.16. The topological polar surface area (TPSA) is 101 Å². The first kappa shape index (κ1) is 20.1. The monoisotopic (exact) mass is 426 g/mol. The lowest BCUT2D eigenvalue weighted by molar-refractivity contribution is -0.385. The Morgan fingerprint density at radius 1 is 1.43 bits per heavy atom. The molecule has 0 saturated carbocycles. The van der Waals surface area contributed by atoms with Crippen molar-refractivity contribution in [3.05, 3.63) is 57.4 Å². The quantitative estimate of drug-likeness (QED) is 0.304. The Hall–Kier alpha value is -2.66. The van der Waals surface area contributed by atoms with Gasteiger partial charge in [-0.2, -0.15) is 5.10 Å². The summed E-state index contributed by atoms with van der Waals surface area (Å²) in [5, 5.41) is 23.8. The molecule has 1 atom stereocenters. The van der Waals surface area contributed by atoms with Gasteiger partial charge in [0.2, 0.25) is 0 Å². The standard InChI is InChI=1S/C16H16ClFN6O3S/c1-3-23-15(10(2)27-14-5-4-11(18)6-13(14)17)20-21-16(23)28-9-22-8-12(7-19-22)24(25)26/h4-8,10H,3,9H2,1-2H3. The average molecular weight is 427 g/mol. The molecule has 28 heavy (non-hydrogen) atoms. The Bertz CT molecular complexity index is 995. The number of hydrogen-bond acceptors (Lipinski definition) is 7. The minimum atomic E-state index is -0.500. The summed E-state index contributed by atoms with van der Waals surface area (Å²) in [5.41, 5.74) is -0.0727. The van der Waals surface area contributed by atoms with Crippen LogP contribution in [0.1, 0.15) is 25.8 Å². The zero-order valence-electron chi connectivity index (χ0n) is 15.0. The van der Waals surface area contributed by atoms with Crippen molar-refractivity contribution in [3.8, 4) is 5.75 Å². The number of aromatic nitrogens is 5. The van der Waals surface area contributed by atoms with Crippen LogP contribution in [0.3, 0.4) is 0 Å². The molecule has 2 aromatic heterocycles. The molecule has 3 rings (SSSR count). The second-order valence-corrected chi connectivity index (χ2v) is 7.01. The molecule has 0 aliphatic carbocycles. The molecule has 0 aliphatic heterocycles. The predicted molar refractivity (Wildman–Crippen MR) is 101 cm³/mol. The summed E-state index contributed by atoms with van der Waals surface area (Å²) < 4.78 is 22.3. The van der Waals surface area contributed by atoms with Gasteiger partial charge in [-0.05, 0) is 32.0 Å². The third kappa shape index (κ3) is 4.42. The van der Waals surface area contributed by atoms with E-state index >= 15 is 0 Å². The van der Waals surface area contributed by atoms with Crippen LogP contribution < -0.4 is 4.74 Å². The van der Waals surface area contributed by atoms with Crippen LogP contribution in [-0.4, -0.2) is 29.5 Å². The van der Waals surface area contributed by atoms with Crippen LogP contribution in [0, 0.1) is 15.9 Å². The summed E-state index contributed by atoms with van der Waals surface area (Å²) >= 11 is 7.35. The number of nitro groups is 1. The zero-order valence-corrected chi connectivity index (χ0v) is 16.5. The van der Waals surface area contributed by atoms with E-state index < -0.39 is 16.8 Å². The van der Waals surface area contributed by atoms with Gasteiger partial charge in [0.25, 0.3) is 0 Å². The van der Waals surface area contributed by atoms with Gasteiger partial charge in [-0.1, -0.05) is 23.4 Å². The number of thioether (sulfide) groups is 1. The van der Waals surface area contributed by atoms with E-state index in [0.717, 1.165) is 0 Å². The lowest BCUT2D eigenvalue weighted by atomic mass is 10.3. The average Bonchev–Trinajstić information content (AvgIpc) is 3.28. The van der Waals surface area contributed by atoms with Gasteiger partial charge in [0, 0.05) is 6.54 Å². The van der Waals surface area contributed by atoms with Gasteiger partial charge < -0.3 is 9.30 Å². The van der Waals surface area contributed by atoms with E-state index in [9.17, 15) is 14.5 Å². The first-order valence-corrected chi connectivity index (χ1v) is 9.59. The third-order valence-corrected chi connectivity index (χ3v) is 5.03. The molecule has 0 aliphatic rings. The fourth-order valence-corrected chi connectivity index (χ4v) is 3.54. The summed E-state index contributed by atoms with van der Waals surface area (Å²) in [6.45, 7) is 4.32. The van der Waals surface area contributed by atoms with Gasteiger partial charge in [-0.3, -0.25) is 14.8 Å². The van der Waals surface area contributed by atoms with Crippen molar-refractivity contribution < 1.29 is 14.1 Å². The molecule has 0 bridgehead atoms. The van der Waals surface area contributed by atoms with E-state index in [1.165, 1.54) is 47.0 Å². The van der Waals surface area contributed by atoms with Gasteiger partial charge in [0.1, 0.15) is 24.0 Å². The van der Waals surface area contributed by atoms with Gasteiger partial charge in [0.15, 0.2) is 17.1 Å². The Kier molecular flexibility index (Phi) is 6.15. The SMILES string of the molecule is CCn1c(SCn2cc([N+](=O)[O-])cn2)nnc1C(C)Oc1ccc(F)cc1Cl. The normalized spacial score (nSPS) is 12.1. The minimum Gasteiger partial charge on any atom is -0.481 e. The smallest absolute Gasteiger partial charge is 0.307 e. The Morgan fingerprint density at radius 3 is 2.86 bits per heavy atom. The van der Waals surface area contributed by atoms with E-state index in [4.69, 9.17) is 16.3 Å². The van der Waals surface area contributed by atoms with Gasteiger partial charge in [-0.15, -0.1) is 10.2 Å². The summed E-state index contributed by atoms with van der Waals surface area (Å²) in [4.78, 5) is 10.2. The van der Waals surface area contributed by atoms with Crippen molar-refractivity contribution in [2.75, 3.05) is 0 Å². The van der Waals surface area contributed by atoms with Crippen molar-refractivity contribution in [1.29, 1.82) is 0 Å². The second kappa shape index (κ2) is 8.57. The molecule has 1 unspecified atom stereocenters. The molecule has 0 fully saturated rings. The van der Waals surface area contributed by atoms with Crippen LogP contribution in [0.5, 0.6) is 5.75 Å². The summed E-state index contributed by atoms with van der Waals surface area (Å²) in [6, 6.07) is 3.91. The Balaban J connectivity index is 1.72. The van der Waals surface area contributed by atoms with Crippen molar-refractivity contribution in [2.24, 2.45) is 0 Å². The predicted octanol–water partition coefficient (Wildman–Crippen LogP) is 4.09. The van der Waals surface area contributed by atoms with Crippen LogP contribution in [0.25, 0.3) is 0 Å². The molecule has 1 aromatic carbocycles. The maximum Gasteiger partial charge on any atom is 0.307 e. The summed E-state index contributed by atoms with van der Waals surface area (Å²) in [7, 11) is 0.